The smallest absolute Gasteiger partial charge is 0.0548 e. The van der Waals surface area contributed by atoms with E-state index >= 15 is 0 Å². The lowest BCUT2D eigenvalue weighted by molar-refractivity contribution is 1.18. The molecule has 64 heavy (non-hydrogen) atoms. The second-order valence-electron chi connectivity index (χ2n) is 16.8. The average molecular weight is 849 g/mol. The first-order chi connectivity index (χ1) is 31.7. The van der Waals surface area contributed by atoms with Crippen molar-refractivity contribution in [3.05, 3.63) is 218 Å². The van der Waals surface area contributed by atoms with Crippen LogP contribution in [0.3, 0.4) is 0 Å². The summed E-state index contributed by atoms with van der Waals surface area (Å²) in [6.45, 7) is 0. The fourth-order valence-electron chi connectivity index (χ4n) is 10.4. The molecule has 0 N–H and O–H groups in total. The van der Waals surface area contributed by atoms with Crippen LogP contribution in [-0.4, -0.2) is 9.13 Å². The molecule has 4 heterocycles. The molecule has 0 saturated carbocycles. The number of thiophene rings is 2. The van der Waals surface area contributed by atoms with E-state index in [2.05, 4.69) is 228 Å². The highest BCUT2D eigenvalue weighted by atomic mass is 32.1. The molecule has 0 radical (unpaired) electrons. The van der Waals surface area contributed by atoms with Gasteiger partial charge in [0.1, 0.15) is 0 Å². The third-order valence-corrected chi connectivity index (χ3v) is 15.6. The van der Waals surface area contributed by atoms with Crippen LogP contribution in [0.2, 0.25) is 0 Å². The third-order valence-electron chi connectivity index (χ3n) is 13.3. The van der Waals surface area contributed by atoms with Crippen LogP contribution in [0, 0.1) is 0 Å². The predicted octanol–water partition coefficient (Wildman–Crippen LogP) is 17.6. The lowest BCUT2D eigenvalue weighted by Crippen LogP contribution is -1.94. The van der Waals surface area contributed by atoms with Gasteiger partial charge in [0.2, 0.25) is 0 Å². The molecule has 0 unspecified atom stereocenters. The van der Waals surface area contributed by atoms with Gasteiger partial charge in [-0.05, 0) is 118 Å². The maximum Gasteiger partial charge on any atom is 0.0548 e. The Labute approximate surface area is 376 Å². The van der Waals surface area contributed by atoms with Crippen LogP contribution in [0.4, 0.5) is 0 Å². The van der Waals surface area contributed by atoms with Gasteiger partial charge in [-0.3, -0.25) is 0 Å². The Morgan fingerprint density at radius 2 is 0.594 bits per heavy atom. The van der Waals surface area contributed by atoms with Gasteiger partial charge in [0, 0.05) is 73.3 Å². The topological polar surface area (TPSA) is 9.86 Å². The summed E-state index contributed by atoms with van der Waals surface area (Å²) >= 11 is 3.77. The van der Waals surface area contributed by atoms with Crippen LogP contribution in [0.25, 0.3) is 129 Å². The summed E-state index contributed by atoms with van der Waals surface area (Å²) in [7, 11) is 0. The van der Waals surface area contributed by atoms with Crippen LogP contribution >= 0.6 is 22.7 Å². The zero-order valence-electron chi connectivity index (χ0n) is 34.5. The molecule has 0 aliphatic carbocycles. The molecule has 0 bridgehead atoms. The van der Waals surface area contributed by atoms with E-state index in [0.29, 0.717) is 0 Å². The molecular weight excluding hydrogens is 813 g/mol. The highest BCUT2D eigenvalue weighted by molar-refractivity contribution is 7.26. The van der Waals surface area contributed by atoms with E-state index in [1.165, 1.54) is 117 Å². The standard InChI is InChI=1S/C60H36N2S2/c1-3-11-37(12-4-1)39-19-25-43(26-20-39)61-49-29-23-41(35-47(49)57-51(61)31-33-55-59(57)45-15-7-9-17-53(45)63-55)42-24-30-50-48(36-42)58-52(32-34-56-60(58)46-16-8-10-18-54(46)64-56)62(50)44-27-21-40(22-28-44)38-13-5-2-6-14-38/h1-36H. The largest absolute Gasteiger partial charge is 0.309 e. The monoisotopic (exact) mass is 848 g/mol. The van der Waals surface area contributed by atoms with E-state index in [0.717, 1.165) is 11.4 Å². The average Bonchev–Trinajstić information content (AvgIpc) is 4.11. The summed E-state index contributed by atoms with van der Waals surface area (Å²) in [5, 5.41) is 10.4. The summed E-state index contributed by atoms with van der Waals surface area (Å²) in [6, 6.07) is 80.8. The molecule has 0 fully saturated rings. The SMILES string of the molecule is c1ccc(-c2ccc(-n3c4ccc(-c5ccc6c(c5)c5c7c(ccc5n6-c5ccc(-c6ccccc6)cc5)sc5ccccc57)cc4c4c5c(ccc43)sc3ccccc35)cc2)cc1. The quantitative estimate of drug-likeness (QED) is 0.163. The zero-order chi connectivity index (χ0) is 41.9. The van der Waals surface area contributed by atoms with Gasteiger partial charge in [-0.15, -0.1) is 22.7 Å². The minimum Gasteiger partial charge on any atom is -0.309 e. The molecule has 0 aliphatic rings. The van der Waals surface area contributed by atoms with Crippen molar-refractivity contribution >= 4 is 107 Å². The predicted molar refractivity (Wildman–Crippen MR) is 277 cm³/mol. The normalized spacial score (nSPS) is 12.1. The van der Waals surface area contributed by atoms with Crippen LogP contribution in [-0.2, 0) is 0 Å². The Morgan fingerprint density at radius 3 is 1.03 bits per heavy atom. The third kappa shape index (κ3) is 5.30. The molecule has 4 heteroatoms. The van der Waals surface area contributed by atoms with E-state index in [4.69, 9.17) is 0 Å². The summed E-state index contributed by atoms with van der Waals surface area (Å²) in [4.78, 5) is 0. The van der Waals surface area contributed by atoms with Crippen LogP contribution in [0.1, 0.15) is 0 Å². The van der Waals surface area contributed by atoms with Crippen LogP contribution < -0.4 is 0 Å². The van der Waals surface area contributed by atoms with Crippen molar-refractivity contribution in [2.24, 2.45) is 0 Å². The first kappa shape index (κ1) is 35.8. The Morgan fingerprint density at radius 1 is 0.234 bits per heavy atom. The first-order valence-corrected chi connectivity index (χ1v) is 23.5. The van der Waals surface area contributed by atoms with Crippen LogP contribution in [0.5, 0.6) is 0 Å². The highest BCUT2D eigenvalue weighted by Crippen LogP contribution is 2.47. The van der Waals surface area contributed by atoms with E-state index in [1.807, 2.05) is 22.7 Å². The molecule has 0 amide bonds. The summed E-state index contributed by atoms with van der Waals surface area (Å²) in [5.41, 5.74) is 14.5. The molecule has 4 aromatic heterocycles. The summed E-state index contributed by atoms with van der Waals surface area (Å²) in [5.74, 6) is 0. The molecular formula is C60H36N2S2. The number of fused-ring (bicyclic) bond motifs is 14. The lowest BCUT2D eigenvalue weighted by Gasteiger charge is -2.11. The van der Waals surface area contributed by atoms with Gasteiger partial charge in [0.15, 0.2) is 0 Å². The number of hydrogen-bond donors (Lipinski definition) is 0. The van der Waals surface area contributed by atoms with Crippen molar-refractivity contribution in [1.29, 1.82) is 0 Å². The van der Waals surface area contributed by atoms with E-state index in [1.54, 1.807) is 0 Å². The molecule has 14 aromatic rings. The molecule has 2 nitrogen and oxygen atoms in total. The number of aromatic nitrogens is 2. The minimum absolute atomic E-state index is 1.16. The summed E-state index contributed by atoms with van der Waals surface area (Å²) < 4.78 is 10.2. The van der Waals surface area contributed by atoms with E-state index in [-0.39, 0.29) is 0 Å². The van der Waals surface area contributed by atoms with Gasteiger partial charge in [-0.1, -0.05) is 133 Å². The van der Waals surface area contributed by atoms with Gasteiger partial charge in [0.25, 0.3) is 0 Å². The Kier molecular flexibility index (Phi) is 7.76. The number of rotatable bonds is 5. The molecule has 14 rings (SSSR count). The lowest BCUT2D eigenvalue weighted by atomic mass is 9.98. The van der Waals surface area contributed by atoms with Crippen molar-refractivity contribution in [2.75, 3.05) is 0 Å². The molecule has 0 spiro atoms. The zero-order valence-corrected chi connectivity index (χ0v) is 36.1. The number of nitrogens with zero attached hydrogens (tertiary/aromatic N) is 2. The van der Waals surface area contributed by atoms with Crippen molar-refractivity contribution in [3.8, 4) is 44.8 Å². The fourth-order valence-corrected chi connectivity index (χ4v) is 12.7. The maximum absolute atomic E-state index is 2.47. The molecule has 0 atom stereocenters. The maximum atomic E-state index is 2.47. The Bertz CT molecular complexity index is 3880. The van der Waals surface area contributed by atoms with Gasteiger partial charge in [0.05, 0.1) is 22.1 Å². The first-order valence-electron chi connectivity index (χ1n) is 21.8. The van der Waals surface area contributed by atoms with Gasteiger partial charge >= 0.3 is 0 Å². The minimum atomic E-state index is 1.16. The van der Waals surface area contributed by atoms with Gasteiger partial charge in [-0.2, -0.15) is 0 Å². The van der Waals surface area contributed by atoms with Crippen molar-refractivity contribution in [2.45, 2.75) is 0 Å². The molecule has 298 valence electrons. The van der Waals surface area contributed by atoms with Gasteiger partial charge in [-0.25, -0.2) is 0 Å². The fraction of sp³-hybridized carbons (Fsp3) is 0. The van der Waals surface area contributed by atoms with Crippen molar-refractivity contribution < 1.29 is 0 Å². The molecule has 0 saturated heterocycles. The van der Waals surface area contributed by atoms with Crippen LogP contribution in [0.15, 0.2) is 218 Å². The molecule has 0 aliphatic heterocycles. The number of benzene rings is 10. The molecule has 10 aromatic carbocycles. The van der Waals surface area contributed by atoms with Gasteiger partial charge < -0.3 is 9.13 Å². The Hall–Kier alpha value is -7.76. The number of hydrogen-bond acceptors (Lipinski definition) is 2. The summed E-state index contributed by atoms with van der Waals surface area (Å²) in [6.07, 6.45) is 0. The van der Waals surface area contributed by atoms with Crippen molar-refractivity contribution in [3.63, 3.8) is 0 Å². The van der Waals surface area contributed by atoms with E-state index in [9.17, 15) is 0 Å². The van der Waals surface area contributed by atoms with Crippen molar-refractivity contribution in [1.82, 2.24) is 9.13 Å². The van der Waals surface area contributed by atoms with E-state index < -0.39 is 0 Å². The Balaban J connectivity index is 1.01. The second-order valence-corrected chi connectivity index (χ2v) is 19.0. The highest BCUT2D eigenvalue weighted by Gasteiger charge is 2.21. The second kappa shape index (κ2) is 13.9.